The topological polar surface area (TPSA) is 68.7 Å². The molecule has 0 aliphatic carbocycles. The first-order valence-corrected chi connectivity index (χ1v) is 7.05. The average Bonchev–Trinajstić information content (AvgIpc) is 2.53. The van der Waals surface area contributed by atoms with E-state index < -0.39 is 36.6 Å². The molecule has 24 heavy (non-hydrogen) atoms. The number of hydrogen-bond acceptors (Lipinski definition) is 6. The highest BCUT2D eigenvalue weighted by Gasteiger charge is 2.41. The van der Waals surface area contributed by atoms with Gasteiger partial charge in [-0.3, -0.25) is 4.98 Å². The number of ether oxygens (including phenoxy) is 2. The monoisotopic (exact) mass is 350 g/mol. The van der Waals surface area contributed by atoms with E-state index in [1.54, 1.807) is 4.90 Å². The van der Waals surface area contributed by atoms with Crippen LogP contribution in [0.1, 0.15) is 12.8 Å². The van der Waals surface area contributed by atoms with Crippen molar-refractivity contribution < 1.29 is 36.6 Å². The summed E-state index contributed by atoms with van der Waals surface area (Å²) in [5.74, 6) is -3.96. The molecule has 0 radical (unpaired) electrons. The van der Waals surface area contributed by atoms with Gasteiger partial charge in [0.25, 0.3) is 0 Å². The smallest absolute Gasteiger partial charge is 0.460 e. The third kappa shape index (κ3) is 4.80. The SMILES string of the molecule is O=C(COC(=O)C(F)(F)F)OC1CCN(c2ccncc2F)CC1. The first-order valence-electron chi connectivity index (χ1n) is 7.05. The van der Waals surface area contributed by atoms with Gasteiger partial charge in [-0.1, -0.05) is 0 Å². The van der Waals surface area contributed by atoms with Crippen molar-refractivity contribution in [1.29, 1.82) is 0 Å². The maximum Gasteiger partial charge on any atom is 0.490 e. The van der Waals surface area contributed by atoms with Gasteiger partial charge in [-0.2, -0.15) is 13.2 Å². The lowest BCUT2D eigenvalue weighted by atomic mass is 10.1. The molecule has 1 aromatic heterocycles. The molecule has 10 heteroatoms. The van der Waals surface area contributed by atoms with Crippen LogP contribution in [0.25, 0.3) is 0 Å². The van der Waals surface area contributed by atoms with E-state index in [9.17, 15) is 27.2 Å². The van der Waals surface area contributed by atoms with E-state index in [1.807, 2.05) is 0 Å². The molecule has 6 nitrogen and oxygen atoms in total. The molecule has 2 heterocycles. The van der Waals surface area contributed by atoms with E-state index in [2.05, 4.69) is 9.72 Å². The Labute approximate surface area is 134 Å². The normalized spacial score (nSPS) is 15.9. The van der Waals surface area contributed by atoms with E-state index in [0.717, 1.165) is 6.20 Å². The summed E-state index contributed by atoms with van der Waals surface area (Å²) in [5.41, 5.74) is 0.383. The number of anilines is 1. The fourth-order valence-corrected chi connectivity index (χ4v) is 2.27. The lowest BCUT2D eigenvalue weighted by Gasteiger charge is -2.33. The number of carbonyl (C=O) groups is 2. The molecule has 1 saturated heterocycles. The number of alkyl halides is 3. The minimum Gasteiger partial charge on any atom is -0.460 e. The highest BCUT2D eigenvalue weighted by atomic mass is 19.4. The van der Waals surface area contributed by atoms with Crippen LogP contribution in [0.3, 0.4) is 0 Å². The van der Waals surface area contributed by atoms with Crippen molar-refractivity contribution in [2.45, 2.75) is 25.1 Å². The molecule has 1 aromatic rings. The minimum absolute atomic E-state index is 0.376. The van der Waals surface area contributed by atoms with Gasteiger partial charge in [0.05, 0.1) is 11.9 Å². The number of halogens is 4. The largest absolute Gasteiger partial charge is 0.490 e. The lowest BCUT2D eigenvalue weighted by Crippen LogP contribution is -2.39. The van der Waals surface area contributed by atoms with Gasteiger partial charge in [0, 0.05) is 32.1 Å². The molecule has 0 bridgehead atoms. The van der Waals surface area contributed by atoms with Crippen LogP contribution >= 0.6 is 0 Å². The molecule has 0 unspecified atom stereocenters. The number of esters is 2. The van der Waals surface area contributed by atoms with Crippen LogP contribution in [0.4, 0.5) is 23.2 Å². The molecule has 2 rings (SSSR count). The zero-order chi connectivity index (χ0) is 17.7. The van der Waals surface area contributed by atoms with Crippen LogP contribution in [0.2, 0.25) is 0 Å². The Hall–Kier alpha value is -2.39. The summed E-state index contributed by atoms with van der Waals surface area (Å²) in [5, 5.41) is 0. The maximum absolute atomic E-state index is 13.6. The number of piperidine rings is 1. The number of pyridine rings is 1. The van der Waals surface area contributed by atoms with E-state index in [-0.39, 0.29) is 0 Å². The fraction of sp³-hybridized carbons (Fsp3) is 0.500. The Morgan fingerprint density at radius 1 is 1.29 bits per heavy atom. The molecule has 0 spiro atoms. The van der Waals surface area contributed by atoms with Gasteiger partial charge in [-0.25, -0.2) is 14.0 Å². The standard InChI is InChI=1S/C14H14F4N2O4/c15-10-7-19-4-1-11(10)20-5-2-9(3-6-20)24-12(21)8-23-13(22)14(16,17)18/h1,4,7,9H,2-3,5-6,8H2. The zero-order valence-electron chi connectivity index (χ0n) is 12.4. The van der Waals surface area contributed by atoms with E-state index >= 15 is 0 Å². The zero-order valence-corrected chi connectivity index (χ0v) is 12.4. The van der Waals surface area contributed by atoms with Gasteiger partial charge in [-0.15, -0.1) is 0 Å². The fourth-order valence-electron chi connectivity index (χ4n) is 2.27. The van der Waals surface area contributed by atoms with Crippen molar-refractivity contribution in [3.05, 3.63) is 24.3 Å². The van der Waals surface area contributed by atoms with E-state index in [4.69, 9.17) is 4.74 Å². The lowest BCUT2D eigenvalue weighted by molar-refractivity contribution is -0.202. The summed E-state index contributed by atoms with van der Waals surface area (Å²) in [6.07, 6.45) is -2.37. The predicted molar refractivity (Wildman–Crippen MR) is 72.5 cm³/mol. The third-order valence-electron chi connectivity index (χ3n) is 3.38. The molecule has 0 N–H and O–H groups in total. The number of aromatic nitrogens is 1. The first-order chi connectivity index (χ1) is 11.3. The number of carbonyl (C=O) groups excluding carboxylic acids is 2. The van der Waals surface area contributed by atoms with Crippen molar-refractivity contribution >= 4 is 17.6 Å². The van der Waals surface area contributed by atoms with Crippen LogP contribution in [0.5, 0.6) is 0 Å². The molecule has 0 amide bonds. The van der Waals surface area contributed by atoms with E-state index in [1.165, 1.54) is 12.3 Å². The molecule has 1 fully saturated rings. The maximum atomic E-state index is 13.6. The molecule has 1 aliphatic rings. The third-order valence-corrected chi connectivity index (χ3v) is 3.38. The molecular formula is C14H14F4N2O4. The molecule has 1 aliphatic heterocycles. The quantitative estimate of drug-likeness (QED) is 0.610. The van der Waals surface area contributed by atoms with Crippen molar-refractivity contribution in [3.63, 3.8) is 0 Å². The molecule has 0 saturated carbocycles. The molecule has 132 valence electrons. The Balaban J connectivity index is 1.76. The summed E-state index contributed by atoms with van der Waals surface area (Å²) in [7, 11) is 0. The van der Waals surface area contributed by atoms with Gasteiger partial charge in [0.2, 0.25) is 0 Å². The summed E-state index contributed by atoms with van der Waals surface area (Å²) < 4.78 is 58.2. The van der Waals surface area contributed by atoms with Crippen molar-refractivity contribution in [2.75, 3.05) is 24.6 Å². The van der Waals surface area contributed by atoms with Crippen molar-refractivity contribution in [1.82, 2.24) is 4.98 Å². The highest BCUT2D eigenvalue weighted by molar-refractivity contribution is 5.79. The highest BCUT2D eigenvalue weighted by Crippen LogP contribution is 2.23. The second-order valence-electron chi connectivity index (χ2n) is 5.08. The Morgan fingerprint density at radius 2 is 1.96 bits per heavy atom. The van der Waals surface area contributed by atoms with Gasteiger partial charge in [0.1, 0.15) is 6.10 Å². The summed E-state index contributed by atoms with van der Waals surface area (Å²) in [6, 6.07) is 1.53. The van der Waals surface area contributed by atoms with Gasteiger partial charge < -0.3 is 14.4 Å². The Bertz CT molecular complexity index is 601. The van der Waals surface area contributed by atoms with Gasteiger partial charge in [0.15, 0.2) is 12.4 Å². The summed E-state index contributed by atoms with van der Waals surface area (Å²) in [6.45, 7) is -0.292. The Morgan fingerprint density at radius 3 is 2.54 bits per heavy atom. The average molecular weight is 350 g/mol. The summed E-state index contributed by atoms with van der Waals surface area (Å²) >= 11 is 0. The second kappa shape index (κ2) is 7.45. The number of nitrogens with zero attached hydrogens (tertiary/aromatic N) is 2. The van der Waals surface area contributed by atoms with Crippen LogP contribution < -0.4 is 4.90 Å². The van der Waals surface area contributed by atoms with Crippen molar-refractivity contribution in [3.8, 4) is 0 Å². The number of rotatable bonds is 4. The van der Waals surface area contributed by atoms with Crippen LogP contribution in [0.15, 0.2) is 18.5 Å². The van der Waals surface area contributed by atoms with Crippen LogP contribution in [0, 0.1) is 5.82 Å². The van der Waals surface area contributed by atoms with Gasteiger partial charge >= 0.3 is 18.1 Å². The molecule has 0 aromatic carbocycles. The minimum atomic E-state index is -5.15. The number of hydrogen-bond donors (Lipinski definition) is 0. The Kier molecular flexibility index (Phi) is 5.58. The van der Waals surface area contributed by atoms with Crippen LogP contribution in [-0.2, 0) is 19.1 Å². The summed E-state index contributed by atoms with van der Waals surface area (Å²) in [4.78, 5) is 27.3. The first kappa shape index (κ1) is 18.0. The van der Waals surface area contributed by atoms with Crippen molar-refractivity contribution in [2.24, 2.45) is 0 Å². The van der Waals surface area contributed by atoms with Gasteiger partial charge in [-0.05, 0) is 6.07 Å². The second-order valence-corrected chi connectivity index (χ2v) is 5.08. The predicted octanol–water partition coefficient (Wildman–Crippen LogP) is 1.84. The van der Waals surface area contributed by atoms with E-state index in [0.29, 0.717) is 31.6 Å². The molecule has 0 atom stereocenters. The molecular weight excluding hydrogens is 336 g/mol. The van der Waals surface area contributed by atoms with Crippen LogP contribution in [-0.4, -0.2) is 48.9 Å².